The number of halogens is 1. The van der Waals surface area contributed by atoms with Gasteiger partial charge in [0.05, 0.1) is 11.8 Å². The number of carbonyl (C=O) groups excluding carboxylic acids is 1. The van der Waals surface area contributed by atoms with E-state index < -0.39 is 39.8 Å². The third-order valence-corrected chi connectivity index (χ3v) is 2.47. The standard InChI is InChI=1S/C12H7FN2O6/c13-6-2-1-3-7(10(6)12(17)18)14-11(16)8-4-5-9(21-8)15(19)20/h1-5H,(H,14,16)(H,17,18). The van der Waals surface area contributed by atoms with Gasteiger partial charge in [0.25, 0.3) is 5.91 Å². The highest BCUT2D eigenvalue weighted by Crippen LogP contribution is 2.21. The highest BCUT2D eigenvalue weighted by Gasteiger charge is 2.21. The maximum atomic E-state index is 13.4. The molecule has 0 saturated heterocycles. The number of carboxylic acids is 1. The molecule has 0 radical (unpaired) electrons. The third-order valence-electron chi connectivity index (χ3n) is 2.47. The molecule has 2 aromatic rings. The summed E-state index contributed by atoms with van der Waals surface area (Å²) in [7, 11) is 0. The van der Waals surface area contributed by atoms with Gasteiger partial charge in [0.15, 0.2) is 5.76 Å². The van der Waals surface area contributed by atoms with Crippen molar-refractivity contribution in [1.29, 1.82) is 0 Å². The van der Waals surface area contributed by atoms with Gasteiger partial charge in [-0.25, -0.2) is 9.18 Å². The molecule has 0 spiro atoms. The first-order valence-electron chi connectivity index (χ1n) is 5.47. The molecular formula is C12H7FN2O6. The zero-order valence-corrected chi connectivity index (χ0v) is 10.2. The number of rotatable bonds is 4. The molecule has 1 amide bonds. The number of carboxylic acid groups (broad SMARTS) is 1. The van der Waals surface area contributed by atoms with Crippen LogP contribution in [-0.2, 0) is 0 Å². The topological polar surface area (TPSA) is 123 Å². The van der Waals surface area contributed by atoms with Crippen LogP contribution >= 0.6 is 0 Å². The summed E-state index contributed by atoms with van der Waals surface area (Å²) in [5.41, 5.74) is -1.00. The number of nitrogens with zero attached hydrogens (tertiary/aromatic N) is 1. The van der Waals surface area contributed by atoms with Gasteiger partial charge < -0.3 is 14.8 Å². The van der Waals surface area contributed by atoms with Crippen molar-refractivity contribution in [3.63, 3.8) is 0 Å². The predicted octanol–water partition coefficient (Wildman–Crippen LogP) is 2.28. The number of benzene rings is 1. The van der Waals surface area contributed by atoms with E-state index >= 15 is 0 Å². The van der Waals surface area contributed by atoms with Gasteiger partial charge in [-0.3, -0.25) is 14.9 Å². The lowest BCUT2D eigenvalue weighted by Crippen LogP contribution is -2.15. The smallest absolute Gasteiger partial charge is 0.433 e. The first-order valence-corrected chi connectivity index (χ1v) is 5.47. The molecule has 1 aromatic carbocycles. The summed E-state index contributed by atoms with van der Waals surface area (Å²) in [5, 5.41) is 21.5. The molecule has 0 atom stereocenters. The fraction of sp³-hybridized carbons (Fsp3) is 0. The molecule has 0 fully saturated rings. The second kappa shape index (κ2) is 5.41. The summed E-state index contributed by atoms with van der Waals surface area (Å²) in [4.78, 5) is 32.3. The Morgan fingerprint density at radius 1 is 1.29 bits per heavy atom. The van der Waals surface area contributed by atoms with E-state index in [0.717, 1.165) is 18.2 Å². The first-order chi connectivity index (χ1) is 9.90. The van der Waals surface area contributed by atoms with Gasteiger partial charge in [-0.1, -0.05) is 6.07 Å². The minimum Gasteiger partial charge on any atom is -0.478 e. The van der Waals surface area contributed by atoms with E-state index in [2.05, 4.69) is 9.73 Å². The van der Waals surface area contributed by atoms with Crippen LogP contribution in [0, 0.1) is 15.9 Å². The van der Waals surface area contributed by atoms with Crippen LogP contribution in [0.4, 0.5) is 16.0 Å². The van der Waals surface area contributed by atoms with Crippen LogP contribution in [0.2, 0.25) is 0 Å². The second-order valence-corrected chi connectivity index (χ2v) is 3.82. The van der Waals surface area contributed by atoms with Gasteiger partial charge >= 0.3 is 11.9 Å². The number of hydrogen-bond acceptors (Lipinski definition) is 5. The second-order valence-electron chi connectivity index (χ2n) is 3.82. The van der Waals surface area contributed by atoms with Gasteiger partial charge in [0.1, 0.15) is 16.3 Å². The van der Waals surface area contributed by atoms with Gasteiger partial charge in [0.2, 0.25) is 0 Å². The Kier molecular flexibility index (Phi) is 3.65. The molecule has 8 nitrogen and oxygen atoms in total. The Balaban J connectivity index is 2.29. The Bertz CT molecular complexity index is 739. The van der Waals surface area contributed by atoms with Crippen LogP contribution in [0.15, 0.2) is 34.7 Å². The fourth-order valence-electron chi connectivity index (χ4n) is 1.58. The van der Waals surface area contributed by atoms with E-state index in [9.17, 15) is 24.1 Å². The van der Waals surface area contributed by atoms with E-state index in [0.29, 0.717) is 0 Å². The van der Waals surface area contributed by atoms with Crippen LogP contribution in [0.3, 0.4) is 0 Å². The molecule has 0 bridgehead atoms. The number of furan rings is 1. The van der Waals surface area contributed by atoms with Crippen molar-refractivity contribution in [2.24, 2.45) is 0 Å². The van der Waals surface area contributed by atoms with E-state index in [1.807, 2.05) is 0 Å². The Hall–Kier alpha value is -3.23. The summed E-state index contributed by atoms with van der Waals surface area (Å²) in [6, 6.07) is 5.34. The molecule has 2 N–H and O–H groups in total. The summed E-state index contributed by atoms with van der Waals surface area (Å²) in [6.45, 7) is 0. The summed E-state index contributed by atoms with van der Waals surface area (Å²) in [6.07, 6.45) is 0. The quantitative estimate of drug-likeness (QED) is 0.658. The van der Waals surface area contributed by atoms with Gasteiger partial charge in [0, 0.05) is 0 Å². The molecule has 21 heavy (non-hydrogen) atoms. The van der Waals surface area contributed by atoms with Crippen molar-refractivity contribution in [2.45, 2.75) is 0 Å². The molecule has 0 unspecified atom stereocenters. The Morgan fingerprint density at radius 3 is 2.57 bits per heavy atom. The number of nitrogens with one attached hydrogen (secondary N) is 1. The molecule has 9 heteroatoms. The zero-order chi connectivity index (χ0) is 15.6. The summed E-state index contributed by atoms with van der Waals surface area (Å²) >= 11 is 0. The SMILES string of the molecule is O=C(Nc1cccc(F)c1C(=O)O)c1ccc([N+](=O)[O-])o1. The van der Waals surface area contributed by atoms with E-state index in [4.69, 9.17) is 5.11 Å². The molecule has 0 saturated carbocycles. The summed E-state index contributed by atoms with van der Waals surface area (Å²) < 4.78 is 18.1. The molecule has 0 aliphatic carbocycles. The van der Waals surface area contributed by atoms with Gasteiger partial charge in [-0.15, -0.1) is 0 Å². The predicted molar refractivity (Wildman–Crippen MR) is 66.7 cm³/mol. The number of amides is 1. The number of anilines is 1. The van der Waals surface area contributed by atoms with E-state index in [1.165, 1.54) is 12.1 Å². The normalized spacial score (nSPS) is 10.1. The number of aromatic carboxylic acids is 1. The number of nitro groups is 1. The highest BCUT2D eigenvalue weighted by atomic mass is 19.1. The van der Waals surface area contributed by atoms with Crippen molar-refractivity contribution in [3.8, 4) is 0 Å². The van der Waals surface area contributed by atoms with Crippen molar-refractivity contribution in [1.82, 2.24) is 0 Å². The van der Waals surface area contributed by atoms with Crippen LogP contribution in [0.5, 0.6) is 0 Å². The minimum atomic E-state index is -1.56. The van der Waals surface area contributed by atoms with Gasteiger partial charge in [-0.05, 0) is 18.2 Å². The van der Waals surface area contributed by atoms with E-state index in [1.54, 1.807) is 0 Å². The van der Waals surface area contributed by atoms with Crippen LogP contribution in [-0.4, -0.2) is 21.9 Å². The first kappa shape index (κ1) is 14.2. The lowest BCUT2D eigenvalue weighted by Gasteiger charge is -2.07. The van der Waals surface area contributed by atoms with Crippen molar-refractivity contribution in [2.75, 3.05) is 5.32 Å². The molecule has 0 aliphatic heterocycles. The monoisotopic (exact) mass is 294 g/mol. The Labute approximate surface area is 115 Å². The summed E-state index contributed by atoms with van der Waals surface area (Å²) in [5.74, 6) is -4.56. The van der Waals surface area contributed by atoms with Crippen molar-refractivity contribution < 1.29 is 28.4 Å². The lowest BCUT2D eigenvalue weighted by molar-refractivity contribution is -0.402. The van der Waals surface area contributed by atoms with E-state index in [-0.39, 0.29) is 5.69 Å². The molecule has 0 aliphatic rings. The van der Waals surface area contributed by atoms with Crippen molar-refractivity contribution >= 4 is 23.4 Å². The molecule has 2 rings (SSSR count). The maximum Gasteiger partial charge on any atom is 0.433 e. The number of carbonyl (C=O) groups is 2. The zero-order valence-electron chi connectivity index (χ0n) is 10.2. The minimum absolute atomic E-state index is 0.286. The molecule has 1 aromatic heterocycles. The maximum absolute atomic E-state index is 13.4. The highest BCUT2D eigenvalue weighted by molar-refractivity contribution is 6.06. The van der Waals surface area contributed by atoms with Crippen molar-refractivity contribution in [3.05, 3.63) is 57.6 Å². The lowest BCUT2D eigenvalue weighted by atomic mass is 10.1. The largest absolute Gasteiger partial charge is 0.478 e. The Morgan fingerprint density at radius 2 is 2.00 bits per heavy atom. The third kappa shape index (κ3) is 2.86. The molecular weight excluding hydrogens is 287 g/mol. The van der Waals surface area contributed by atoms with Gasteiger partial charge in [-0.2, -0.15) is 0 Å². The average Bonchev–Trinajstić information content (AvgIpc) is 2.88. The average molecular weight is 294 g/mol. The van der Waals surface area contributed by atoms with Crippen LogP contribution in [0.25, 0.3) is 0 Å². The molecule has 108 valence electrons. The van der Waals surface area contributed by atoms with Crippen LogP contribution < -0.4 is 5.32 Å². The van der Waals surface area contributed by atoms with Crippen LogP contribution in [0.1, 0.15) is 20.9 Å². The fourth-order valence-corrected chi connectivity index (χ4v) is 1.58. The number of hydrogen-bond donors (Lipinski definition) is 2. The molecule has 1 heterocycles.